The highest BCUT2D eigenvalue weighted by molar-refractivity contribution is 7.99. The predicted octanol–water partition coefficient (Wildman–Crippen LogP) is 3.34. The van der Waals surface area contributed by atoms with E-state index in [1.807, 2.05) is 13.8 Å². The molecule has 1 aliphatic rings. The van der Waals surface area contributed by atoms with Crippen molar-refractivity contribution in [2.75, 3.05) is 11.1 Å². The summed E-state index contributed by atoms with van der Waals surface area (Å²) in [6.07, 6.45) is 2.37. The van der Waals surface area contributed by atoms with E-state index in [1.54, 1.807) is 0 Å². The van der Waals surface area contributed by atoms with E-state index >= 15 is 0 Å². The van der Waals surface area contributed by atoms with E-state index in [-0.39, 0.29) is 5.91 Å². The lowest BCUT2D eigenvalue weighted by Gasteiger charge is -2.12. The van der Waals surface area contributed by atoms with Crippen molar-refractivity contribution >= 4 is 23.4 Å². The predicted molar refractivity (Wildman–Crippen MR) is 88.4 cm³/mol. The van der Waals surface area contributed by atoms with E-state index in [0.29, 0.717) is 16.8 Å². The van der Waals surface area contributed by atoms with Crippen molar-refractivity contribution in [3.05, 3.63) is 34.6 Å². The molecule has 3 rings (SSSR count). The Kier molecular flexibility index (Phi) is 4.20. The number of thioether (sulfide) groups is 1. The number of aromatic nitrogens is 3. The normalized spacial score (nSPS) is 14.1. The van der Waals surface area contributed by atoms with Crippen molar-refractivity contribution in [1.29, 1.82) is 0 Å². The van der Waals surface area contributed by atoms with Crippen molar-refractivity contribution in [3.8, 4) is 0 Å². The fourth-order valence-electron chi connectivity index (χ4n) is 2.54. The maximum atomic E-state index is 12.1. The fraction of sp³-hybridized carbons (Fsp3) is 0.438. The number of amides is 1. The average molecular weight is 316 g/mol. The molecule has 0 bridgehead atoms. The lowest BCUT2D eigenvalue weighted by atomic mass is 10.1. The zero-order chi connectivity index (χ0) is 15.7. The number of anilines is 1. The molecule has 0 atom stereocenters. The second-order valence-corrected chi connectivity index (χ2v) is 6.83. The molecule has 2 N–H and O–H groups in total. The van der Waals surface area contributed by atoms with Crippen molar-refractivity contribution < 1.29 is 4.79 Å². The first-order valence-electron chi connectivity index (χ1n) is 7.45. The maximum absolute atomic E-state index is 12.1. The zero-order valence-electron chi connectivity index (χ0n) is 13.1. The topological polar surface area (TPSA) is 70.7 Å². The Labute approximate surface area is 134 Å². The highest BCUT2D eigenvalue weighted by Gasteiger charge is 2.27. The summed E-state index contributed by atoms with van der Waals surface area (Å²) < 4.78 is 0. The van der Waals surface area contributed by atoms with Crippen LogP contribution in [0.3, 0.4) is 0 Å². The Balaban J connectivity index is 1.58. The Bertz CT molecular complexity index is 683. The monoisotopic (exact) mass is 316 g/mol. The average Bonchev–Trinajstić information content (AvgIpc) is 3.20. The van der Waals surface area contributed by atoms with Gasteiger partial charge in [-0.25, -0.2) is 4.98 Å². The van der Waals surface area contributed by atoms with Crippen LogP contribution in [0.4, 0.5) is 5.69 Å². The molecule has 5 nitrogen and oxygen atoms in total. The van der Waals surface area contributed by atoms with E-state index < -0.39 is 0 Å². The van der Waals surface area contributed by atoms with Crippen molar-refractivity contribution in [1.82, 2.24) is 15.2 Å². The highest BCUT2D eigenvalue weighted by Crippen LogP contribution is 2.38. The van der Waals surface area contributed by atoms with Gasteiger partial charge in [-0.2, -0.15) is 0 Å². The molecule has 1 fully saturated rings. The SMILES string of the molecule is Cc1cc(C)c(NC(=O)CSc2n[nH]c(C3CC3)n2)c(C)c1. The molecule has 0 spiro atoms. The molecule has 0 radical (unpaired) electrons. The second kappa shape index (κ2) is 6.12. The largest absolute Gasteiger partial charge is 0.325 e. The molecule has 0 aliphatic heterocycles. The van der Waals surface area contributed by atoms with Crippen LogP contribution in [-0.2, 0) is 4.79 Å². The van der Waals surface area contributed by atoms with Gasteiger partial charge in [-0.3, -0.25) is 9.89 Å². The number of aryl methyl sites for hydroxylation is 3. The number of nitrogens with zero attached hydrogens (tertiary/aromatic N) is 2. The molecular weight excluding hydrogens is 296 g/mol. The van der Waals surface area contributed by atoms with E-state index in [1.165, 1.54) is 30.2 Å². The molecular formula is C16H20N4OS. The quantitative estimate of drug-likeness (QED) is 0.830. The van der Waals surface area contributed by atoms with Crippen LogP contribution in [0, 0.1) is 20.8 Å². The number of benzene rings is 1. The van der Waals surface area contributed by atoms with Crippen molar-refractivity contribution in [2.24, 2.45) is 0 Å². The molecule has 6 heteroatoms. The third kappa shape index (κ3) is 3.50. The number of carbonyl (C=O) groups is 1. The van der Waals surface area contributed by atoms with Gasteiger partial charge in [0.1, 0.15) is 5.82 Å². The van der Waals surface area contributed by atoms with E-state index in [0.717, 1.165) is 22.6 Å². The van der Waals surface area contributed by atoms with E-state index in [9.17, 15) is 4.79 Å². The molecule has 1 heterocycles. The van der Waals surface area contributed by atoms with Gasteiger partial charge in [-0.1, -0.05) is 29.5 Å². The van der Waals surface area contributed by atoms with Gasteiger partial charge in [0, 0.05) is 11.6 Å². The molecule has 1 aliphatic carbocycles. The van der Waals surface area contributed by atoms with Crippen LogP contribution in [0.5, 0.6) is 0 Å². The number of rotatable bonds is 5. The molecule has 1 amide bonds. The lowest BCUT2D eigenvalue weighted by Crippen LogP contribution is -2.16. The van der Waals surface area contributed by atoms with Crippen LogP contribution in [-0.4, -0.2) is 26.8 Å². The van der Waals surface area contributed by atoms with Gasteiger partial charge in [0.2, 0.25) is 11.1 Å². The Morgan fingerprint density at radius 3 is 2.64 bits per heavy atom. The molecule has 2 aromatic rings. The summed E-state index contributed by atoms with van der Waals surface area (Å²) in [4.78, 5) is 16.5. The first kappa shape index (κ1) is 15.1. The first-order valence-corrected chi connectivity index (χ1v) is 8.44. The summed E-state index contributed by atoms with van der Waals surface area (Å²) >= 11 is 1.36. The number of carbonyl (C=O) groups excluding carboxylic acids is 1. The lowest BCUT2D eigenvalue weighted by molar-refractivity contribution is -0.113. The van der Waals surface area contributed by atoms with Crippen LogP contribution in [0.25, 0.3) is 0 Å². The minimum absolute atomic E-state index is 0.0298. The van der Waals surface area contributed by atoms with Crippen LogP contribution in [0.2, 0.25) is 0 Å². The van der Waals surface area contributed by atoms with Crippen LogP contribution in [0.1, 0.15) is 41.3 Å². The third-order valence-corrected chi connectivity index (χ3v) is 4.57. The van der Waals surface area contributed by atoms with Crippen molar-refractivity contribution in [2.45, 2.75) is 44.7 Å². The molecule has 0 saturated heterocycles. The summed E-state index contributed by atoms with van der Waals surface area (Å²) in [6, 6.07) is 4.15. The minimum atomic E-state index is -0.0298. The number of H-pyrrole nitrogens is 1. The number of hydrogen-bond donors (Lipinski definition) is 2. The van der Waals surface area contributed by atoms with E-state index in [2.05, 4.69) is 39.6 Å². The molecule has 22 heavy (non-hydrogen) atoms. The summed E-state index contributed by atoms with van der Waals surface area (Å²) in [7, 11) is 0. The summed E-state index contributed by atoms with van der Waals surface area (Å²) in [5, 5.41) is 10.7. The van der Waals surface area contributed by atoms with Crippen molar-refractivity contribution in [3.63, 3.8) is 0 Å². The van der Waals surface area contributed by atoms with Gasteiger partial charge in [0.15, 0.2) is 0 Å². The maximum Gasteiger partial charge on any atom is 0.234 e. The van der Waals surface area contributed by atoms with Gasteiger partial charge >= 0.3 is 0 Å². The third-order valence-electron chi connectivity index (χ3n) is 3.72. The van der Waals surface area contributed by atoms with Gasteiger partial charge in [-0.15, -0.1) is 5.10 Å². The molecule has 1 aromatic carbocycles. The Morgan fingerprint density at radius 1 is 1.32 bits per heavy atom. The second-order valence-electron chi connectivity index (χ2n) is 5.89. The van der Waals surface area contributed by atoms with Gasteiger partial charge in [0.05, 0.1) is 5.75 Å². The number of aromatic amines is 1. The smallest absolute Gasteiger partial charge is 0.234 e. The van der Waals surface area contributed by atoms with Gasteiger partial charge in [-0.05, 0) is 44.7 Å². The summed E-state index contributed by atoms with van der Waals surface area (Å²) in [6.45, 7) is 6.09. The van der Waals surface area contributed by atoms with E-state index in [4.69, 9.17) is 0 Å². The number of nitrogens with one attached hydrogen (secondary N) is 2. The zero-order valence-corrected chi connectivity index (χ0v) is 13.9. The van der Waals surface area contributed by atoms with Gasteiger partial charge in [0.25, 0.3) is 0 Å². The van der Waals surface area contributed by atoms with Crippen LogP contribution < -0.4 is 5.32 Å². The fourth-order valence-corrected chi connectivity index (χ4v) is 3.15. The highest BCUT2D eigenvalue weighted by atomic mass is 32.2. The van der Waals surface area contributed by atoms with Gasteiger partial charge < -0.3 is 5.32 Å². The van der Waals surface area contributed by atoms with Crippen LogP contribution >= 0.6 is 11.8 Å². The molecule has 0 unspecified atom stereocenters. The van der Waals surface area contributed by atoms with Crippen LogP contribution in [0.15, 0.2) is 17.3 Å². The Morgan fingerprint density at radius 2 is 2.00 bits per heavy atom. The molecule has 116 valence electrons. The standard InChI is InChI=1S/C16H20N4OS/c1-9-6-10(2)14(11(3)7-9)17-13(21)8-22-16-18-15(19-20-16)12-4-5-12/h6-7,12H,4-5,8H2,1-3H3,(H,17,21)(H,18,19,20). The molecule has 1 saturated carbocycles. The minimum Gasteiger partial charge on any atom is -0.325 e. The Hall–Kier alpha value is -1.82. The molecule has 1 aromatic heterocycles. The summed E-state index contributed by atoms with van der Waals surface area (Å²) in [5.41, 5.74) is 4.29. The summed E-state index contributed by atoms with van der Waals surface area (Å²) in [5.74, 6) is 1.79. The number of hydrogen-bond acceptors (Lipinski definition) is 4. The first-order chi connectivity index (χ1) is 10.5.